The Morgan fingerprint density at radius 3 is 2.70 bits per heavy atom. The fourth-order valence-corrected chi connectivity index (χ4v) is 3.02. The maximum Gasteiger partial charge on any atom is 0.416 e. The van der Waals surface area contributed by atoms with Gasteiger partial charge in [-0.05, 0) is 36.2 Å². The SMILES string of the molecule is O[C@@H]1C[C@H](c2cccc(C(F)(F)F)c2)N(Cc2ccccn2)C1. The maximum atomic E-state index is 12.9. The lowest BCUT2D eigenvalue weighted by molar-refractivity contribution is -0.137. The molecule has 0 aliphatic carbocycles. The van der Waals surface area contributed by atoms with Gasteiger partial charge in [0.05, 0.1) is 17.4 Å². The molecule has 2 atom stereocenters. The van der Waals surface area contributed by atoms with E-state index >= 15 is 0 Å². The number of alkyl halides is 3. The van der Waals surface area contributed by atoms with Gasteiger partial charge >= 0.3 is 6.18 Å². The van der Waals surface area contributed by atoms with Gasteiger partial charge in [-0.15, -0.1) is 0 Å². The highest BCUT2D eigenvalue weighted by molar-refractivity contribution is 5.29. The predicted molar refractivity (Wildman–Crippen MR) is 79.5 cm³/mol. The Bertz CT molecular complexity index is 660. The van der Waals surface area contributed by atoms with Crippen molar-refractivity contribution in [3.05, 3.63) is 65.5 Å². The Labute approximate surface area is 132 Å². The molecular formula is C17H17F3N2O. The van der Waals surface area contributed by atoms with Gasteiger partial charge in [-0.2, -0.15) is 13.2 Å². The molecule has 2 aromatic rings. The molecule has 0 spiro atoms. The molecule has 1 fully saturated rings. The van der Waals surface area contributed by atoms with Crippen molar-refractivity contribution in [2.75, 3.05) is 6.54 Å². The number of aromatic nitrogens is 1. The second-order valence-electron chi connectivity index (χ2n) is 5.78. The number of rotatable bonds is 3. The molecule has 122 valence electrons. The van der Waals surface area contributed by atoms with E-state index in [-0.39, 0.29) is 6.04 Å². The largest absolute Gasteiger partial charge is 0.416 e. The van der Waals surface area contributed by atoms with Crippen LogP contribution >= 0.6 is 0 Å². The first-order chi connectivity index (χ1) is 10.9. The fourth-order valence-electron chi connectivity index (χ4n) is 3.02. The van der Waals surface area contributed by atoms with Crippen LogP contribution in [0.4, 0.5) is 13.2 Å². The van der Waals surface area contributed by atoms with E-state index in [0.29, 0.717) is 25.1 Å². The molecule has 1 saturated heterocycles. The Hall–Kier alpha value is -1.92. The zero-order valence-corrected chi connectivity index (χ0v) is 12.4. The Balaban J connectivity index is 1.85. The van der Waals surface area contributed by atoms with E-state index < -0.39 is 17.8 Å². The van der Waals surface area contributed by atoms with Gasteiger partial charge in [-0.3, -0.25) is 9.88 Å². The normalized spacial score (nSPS) is 22.4. The van der Waals surface area contributed by atoms with Crippen molar-refractivity contribution < 1.29 is 18.3 Å². The molecule has 0 saturated carbocycles. The van der Waals surface area contributed by atoms with Crippen LogP contribution in [0.1, 0.15) is 29.3 Å². The van der Waals surface area contributed by atoms with Gasteiger partial charge in [0.1, 0.15) is 0 Å². The van der Waals surface area contributed by atoms with Gasteiger partial charge in [0.25, 0.3) is 0 Å². The lowest BCUT2D eigenvalue weighted by Gasteiger charge is -2.24. The van der Waals surface area contributed by atoms with Gasteiger partial charge in [0, 0.05) is 25.3 Å². The zero-order chi connectivity index (χ0) is 16.4. The van der Waals surface area contributed by atoms with E-state index in [9.17, 15) is 18.3 Å². The van der Waals surface area contributed by atoms with Crippen molar-refractivity contribution in [3.63, 3.8) is 0 Å². The second-order valence-corrected chi connectivity index (χ2v) is 5.78. The number of hydrogen-bond donors (Lipinski definition) is 1. The molecule has 1 aromatic heterocycles. The summed E-state index contributed by atoms with van der Waals surface area (Å²) in [6.07, 6.45) is -2.80. The molecule has 0 unspecified atom stereocenters. The summed E-state index contributed by atoms with van der Waals surface area (Å²) >= 11 is 0. The topological polar surface area (TPSA) is 36.4 Å². The van der Waals surface area contributed by atoms with Gasteiger partial charge in [0.15, 0.2) is 0 Å². The maximum absolute atomic E-state index is 12.9. The van der Waals surface area contributed by atoms with Crippen LogP contribution in [0.15, 0.2) is 48.7 Å². The average molecular weight is 322 g/mol. The minimum atomic E-state index is -4.36. The van der Waals surface area contributed by atoms with Crippen LogP contribution in [0, 0.1) is 0 Å². The van der Waals surface area contributed by atoms with Gasteiger partial charge < -0.3 is 5.11 Å². The molecule has 6 heteroatoms. The molecule has 0 radical (unpaired) electrons. The van der Waals surface area contributed by atoms with Crippen molar-refractivity contribution in [3.8, 4) is 0 Å². The van der Waals surface area contributed by atoms with E-state index in [1.54, 1.807) is 12.3 Å². The van der Waals surface area contributed by atoms with Crippen LogP contribution < -0.4 is 0 Å². The highest BCUT2D eigenvalue weighted by Gasteiger charge is 2.35. The number of pyridine rings is 1. The van der Waals surface area contributed by atoms with E-state index in [0.717, 1.165) is 11.8 Å². The molecule has 3 nitrogen and oxygen atoms in total. The molecule has 1 N–H and O–H groups in total. The highest BCUT2D eigenvalue weighted by Crippen LogP contribution is 2.36. The number of aliphatic hydroxyl groups is 1. The van der Waals surface area contributed by atoms with E-state index in [4.69, 9.17) is 0 Å². The third-order valence-electron chi connectivity index (χ3n) is 4.07. The van der Waals surface area contributed by atoms with Crippen molar-refractivity contribution in [1.29, 1.82) is 0 Å². The van der Waals surface area contributed by atoms with Crippen molar-refractivity contribution in [2.24, 2.45) is 0 Å². The number of β-amino-alcohol motifs (C(OH)–C–C–N with tert-alkyl or cyclic N) is 1. The van der Waals surface area contributed by atoms with Gasteiger partial charge in [-0.1, -0.05) is 18.2 Å². The monoisotopic (exact) mass is 322 g/mol. The Morgan fingerprint density at radius 2 is 2.00 bits per heavy atom. The minimum absolute atomic E-state index is 0.241. The van der Waals surface area contributed by atoms with E-state index in [1.807, 2.05) is 23.1 Å². The molecule has 1 aliphatic heterocycles. The molecule has 2 heterocycles. The number of nitrogens with zero attached hydrogens (tertiary/aromatic N) is 2. The van der Waals surface area contributed by atoms with E-state index in [1.165, 1.54) is 12.1 Å². The van der Waals surface area contributed by atoms with Crippen LogP contribution in [0.5, 0.6) is 0 Å². The summed E-state index contributed by atoms with van der Waals surface area (Å²) in [6.45, 7) is 0.927. The Kier molecular flexibility index (Phi) is 4.37. The first-order valence-corrected chi connectivity index (χ1v) is 7.42. The summed E-state index contributed by atoms with van der Waals surface area (Å²) < 4.78 is 38.7. The first-order valence-electron chi connectivity index (χ1n) is 7.42. The zero-order valence-electron chi connectivity index (χ0n) is 12.4. The molecule has 3 rings (SSSR count). The summed E-state index contributed by atoms with van der Waals surface area (Å²) in [5, 5.41) is 9.95. The predicted octanol–water partition coefficient (Wildman–Crippen LogP) is 3.41. The van der Waals surface area contributed by atoms with E-state index in [2.05, 4.69) is 4.98 Å². The summed E-state index contributed by atoms with van der Waals surface area (Å²) in [6, 6.07) is 10.7. The Morgan fingerprint density at radius 1 is 1.17 bits per heavy atom. The third kappa shape index (κ3) is 3.71. The number of benzene rings is 1. The average Bonchev–Trinajstić information content (AvgIpc) is 2.88. The molecule has 0 bridgehead atoms. The summed E-state index contributed by atoms with van der Waals surface area (Å²) in [4.78, 5) is 6.22. The second kappa shape index (κ2) is 6.29. The lowest BCUT2D eigenvalue weighted by Crippen LogP contribution is -2.25. The van der Waals surface area contributed by atoms with Crippen LogP contribution in [0.25, 0.3) is 0 Å². The van der Waals surface area contributed by atoms with Gasteiger partial charge in [-0.25, -0.2) is 0 Å². The fraction of sp³-hybridized carbons (Fsp3) is 0.353. The molecule has 1 aromatic carbocycles. The number of halogens is 3. The summed E-state index contributed by atoms with van der Waals surface area (Å²) in [7, 11) is 0. The number of hydrogen-bond acceptors (Lipinski definition) is 3. The van der Waals surface area contributed by atoms with Crippen LogP contribution in [-0.2, 0) is 12.7 Å². The quantitative estimate of drug-likeness (QED) is 0.941. The van der Waals surface area contributed by atoms with Crippen molar-refractivity contribution in [1.82, 2.24) is 9.88 Å². The van der Waals surface area contributed by atoms with Crippen molar-refractivity contribution >= 4 is 0 Å². The first kappa shape index (κ1) is 16.0. The number of aliphatic hydroxyl groups excluding tert-OH is 1. The lowest BCUT2D eigenvalue weighted by atomic mass is 10.0. The minimum Gasteiger partial charge on any atom is -0.392 e. The molecule has 23 heavy (non-hydrogen) atoms. The third-order valence-corrected chi connectivity index (χ3v) is 4.07. The standard InChI is InChI=1S/C17H17F3N2O/c18-17(19,20)13-5-3-4-12(8-13)16-9-15(23)11-22(16)10-14-6-1-2-7-21-14/h1-8,15-16,23H,9-11H2/t15-,16-/m1/s1. The van der Waals surface area contributed by atoms with Gasteiger partial charge in [0.2, 0.25) is 0 Å². The van der Waals surface area contributed by atoms with Crippen LogP contribution in [0.2, 0.25) is 0 Å². The number of likely N-dealkylation sites (tertiary alicyclic amines) is 1. The molecule has 0 amide bonds. The van der Waals surface area contributed by atoms with Crippen LogP contribution in [0.3, 0.4) is 0 Å². The highest BCUT2D eigenvalue weighted by atomic mass is 19.4. The van der Waals surface area contributed by atoms with Crippen molar-refractivity contribution in [2.45, 2.75) is 31.3 Å². The summed E-state index contributed by atoms with van der Waals surface area (Å²) in [5.41, 5.74) is 0.750. The molecular weight excluding hydrogens is 305 g/mol. The molecule has 1 aliphatic rings. The smallest absolute Gasteiger partial charge is 0.392 e. The van der Waals surface area contributed by atoms with Crippen LogP contribution in [-0.4, -0.2) is 27.6 Å². The summed E-state index contributed by atoms with van der Waals surface area (Å²) in [5.74, 6) is 0.